The number of carbonyl (C=O) groups excluding carboxylic acids is 3. The molecule has 1 rings (SSSR count). The van der Waals surface area contributed by atoms with E-state index in [-0.39, 0.29) is 12.8 Å². The Bertz CT molecular complexity index is 889. The van der Waals surface area contributed by atoms with Crippen molar-refractivity contribution in [2.75, 3.05) is 0 Å². The van der Waals surface area contributed by atoms with Gasteiger partial charge in [-0.2, -0.15) is 0 Å². The van der Waals surface area contributed by atoms with Gasteiger partial charge in [-0.1, -0.05) is 0 Å². The normalized spacial score (nSPS) is 14.2. The van der Waals surface area contributed by atoms with Crippen LogP contribution >= 0.6 is 0 Å². The molecule has 0 unspecified atom stereocenters. The average molecular weight is 484 g/mol. The predicted molar refractivity (Wildman–Crippen MR) is 113 cm³/mol. The molecule has 188 valence electrons. The van der Waals surface area contributed by atoms with Gasteiger partial charge in [0.1, 0.15) is 18.1 Å². The molecule has 0 saturated heterocycles. The molecule has 0 saturated carbocycles. The zero-order valence-corrected chi connectivity index (χ0v) is 18.3. The van der Waals surface area contributed by atoms with Crippen LogP contribution in [0.15, 0.2) is 12.5 Å². The number of hydrogen-bond acceptors (Lipinski definition) is 8. The Morgan fingerprint density at radius 1 is 0.912 bits per heavy atom. The van der Waals surface area contributed by atoms with E-state index in [1.807, 2.05) is 0 Å². The summed E-state index contributed by atoms with van der Waals surface area (Å²) in [6.45, 7) is 1.31. The molecule has 15 nitrogen and oxygen atoms in total. The first-order chi connectivity index (χ1) is 15.9. The third-order valence-corrected chi connectivity index (χ3v) is 4.61. The number of carboxylic acid groups (broad SMARTS) is 3. The lowest BCUT2D eigenvalue weighted by molar-refractivity contribution is -0.144. The van der Waals surface area contributed by atoms with Crippen LogP contribution in [0, 0.1) is 0 Å². The monoisotopic (exact) mass is 484 g/mol. The van der Waals surface area contributed by atoms with E-state index in [2.05, 4.69) is 25.9 Å². The number of nitrogens with one attached hydrogen (secondary N) is 4. The second kappa shape index (κ2) is 13.5. The number of aliphatic carboxylic acids is 3. The quantitative estimate of drug-likeness (QED) is 0.130. The van der Waals surface area contributed by atoms with E-state index in [0.29, 0.717) is 5.69 Å². The van der Waals surface area contributed by atoms with Crippen molar-refractivity contribution in [3.05, 3.63) is 18.2 Å². The van der Waals surface area contributed by atoms with Gasteiger partial charge in [0.15, 0.2) is 0 Å². The van der Waals surface area contributed by atoms with Crippen LogP contribution in [0.25, 0.3) is 0 Å². The first-order valence-electron chi connectivity index (χ1n) is 10.2. The number of imidazole rings is 1. The minimum absolute atomic E-state index is 0.0975. The molecule has 0 bridgehead atoms. The Morgan fingerprint density at radius 3 is 1.97 bits per heavy atom. The zero-order valence-electron chi connectivity index (χ0n) is 18.3. The molecule has 9 N–H and O–H groups in total. The topological polar surface area (TPSA) is 254 Å². The summed E-state index contributed by atoms with van der Waals surface area (Å²) < 4.78 is 0. The van der Waals surface area contributed by atoms with E-state index in [1.54, 1.807) is 6.20 Å². The summed E-state index contributed by atoms with van der Waals surface area (Å²) >= 11 is 0. The molecule has 0 fully saturated rings. The molecular formula is C19H28N6O9. The summed E-state index contributed by atoms with van der Waals surface area (Å²) in [4.78, 5) is 76.9. The smallest absolute Gasteiger partial charge is 0.326 e. The molecule has 0 aliphatic carbocycles. The molecule has 0 spiro atoms. The maximum absolute atomic E-state index is 12.5. The van der Waals surface area contributed by atoms with Crippen molar-refractivity contribution >= 4 is 35.6 Å². The van der Waals surface area contributed by atoms with E-state index in [9.17, 15) is 33.9 Å². The molecule has 34 heavy (non-hydrogen) atoms. The minimum atomic E-state index is -1.56. The van der Waals surface area contributed by atoms with E-state index >= 15 is 0 Å². The van der Waals surface area contributed by atoms with Crippen molar-refractivity contribution in [2.24, 2.45) is 5.73 Å². The standard InChI is InChI=1S/C19H28N6O9/c1-9(23-17(31)11(20)6-10-7-21-8-22-10)16(30)24-12(2-4-14(26)27)18(32)25-13(19(33)34)3-5-15(28)29/h7-9,11-13H,2-6,20H2,1H3,(H,21,22)(H,23,31)(H,24,30)(H,25,32)(H,26,27)(H,28,29)(H,33,34)/t9-,11-,12-,13-/m0/s1. The summed E-state index contributed by atoms with van der Waals surface area (Å²) in [5, 5.41) is 33.6. The molecule has 0 aromatic carbocycles. The number of aromatic amines is 1. The van der Waals surface area contributed by atoms with E-state index in [1.165, 1.54) is 13.3 Å². The van der Waals surface area contributed by atoms with Gasteiger partial charge in [-0.15, -0.1) is 0 Å². The second-order valence-corrected chi connectivity index (χ2v) is 7.43. The van der Waals surface area contributed by atoms with Crippen LogP contribution in [0.3, 0.4) is 0 Å². The summed E-state index contributed by atoms with van der Waals surface area (Å²) in [6.07, 6.45) is 1.20. The number of nitrogens with zero attached hydrogens (tertiary/aromatic N) is 1. The van der Waals surface area contributed by atoms with Crippen molar-refractivity contribution in [3.8, 4) is 0 Å². The number of amides is 3. The van der Waals surface area contributed by atoms with Crippen LogP contribution in [-0.4, -0.2) is 85.1 Å². The fraction of sp³-hybridized carbons (Fsp3) is 0.526. The molecule has 3 amide bonds. The van der Waals surface area contributed by atoms with Gasteiger partial charge >= 0.3 is 17.9 Å². The van der Waals surface area contributed by atoms with E-state index in [0.717, 1.165) is 0 Å². The lowest BCUT2D eigenvalue weighted by Crippen LogP contribution is -2.56. The van der Waals surface area contributed by atoms with Crippen LogP contribution in [-0.2, 0) is 35.2 Å². The van der Waals surface area contributed by atoms with Gasteiger partial charge in [-0.3, -0.25) is 24.0 Å². The Morgan fingerprint density at radius 2 is 1.47 bits per heavy atom. The molecule has 0 radical (unpaired) electrons. The molecule has 1 heterocycles. The van der Waals surface area contributed by atoms with Crippen molar-refractivity contribution in [1.29, 1.82) is 0 Å². The molecule has 4 atom stereocenters. The van der Waals surface area contributed by atoms with Crippen LogP contribution < -0.4 is 21.7 Å². The van der Waals surface area contributed by atoms with Gasteiger partial charge in [-0.05, 0) is 19.8 Å². The highest BCUT2D eigenvalue weighted by Crippen LogP contribution is 2.04. The largest absolute Gasteiger partial charge is 0.481 e. The molecule has 1 aromatic heterocycles. The molecule has 0 aliphatic rings. The number of carboxylic acids is 3. The third-order valence-electron chi connectivity index (χ3n) is 4.61. The first-order valence-corrected chi connectivity index (χ1v) is 10.2. The zero-order chi connectivity index (χ0) is 25.8. The Balaban J connectivity index is 2.77. The van der Waals surface area contributed by atoms with Gasteiger partial charge in [0, 0.05) is 25.5 Å². The molecular weight excluding hydrogens is 456 g/mol. The number of aromatic nitrogens is 2. The lowest BCUT2D eigenvalue weighted by Gasteiger charge is -2.23. The van der Waals surface area contributed by atoms with Gasteiger partial charge < -0.3 is 42.0 Å². The number of H-pyrrole nitrogens is 1. The molecule has 1 aromatic rings. The van der Waals surface area contributed by atoms with E-state index in [4.69, 9.17) is 15.9 Å². The average Bonchev–Trinajstić information content (AvgIpc) is 3.25. The maximum atomic E-state index is 12.5. The number of carbonyl (C=O) groups is 6. The molecule has 0 aliphatic heterocycles. The van der Waals surface area contributed by atoms with Gasteiger partial charge in [0.25, 0.3) is 0 Å². The Hall–Kier alpha value is -4.01. The van der Waals surface area contributed by atoms with Crippen LogP contribution in [0.1, 0.15) is 38.3 Å². The minimum Gasteiger partial charge on any atom is -0.481 e. The van der Waals surface area contributed by atoms with Crippen molar-refractivity contribution in [2.45, 2.75) is 63.2 Å². The highest BCUT2D eigenvalue weighted by atomic mass is 16.4. The first kappa shape index (κ1) is 28.0. The van der Waals surface area contributed by atoms with Crippen LogP contribution in [0.5, 0.6) is 0 Å². The van der Waals surface area contributed by atoms with Crippen LogP contribution in [0.2, 0.25) is 0 Å². The summed E-state index contributed by atoms with van der Waals surface area (Å²) in [7, 11) is 0. The predicted octanol–water partition coefficient (Wildman–Crippen LogP) is -2.43. The SMILES string of the molecule is C[C@H](NC(=O)[C@@H](N)Cc1c[nH]cn1)C(=O)N[C@@H](CCC(=O)O)C(=O)N[C@@H](CCC(=O)O)C(=O)O. The maximum Gasteiger partial charge on any atom is 0.326 e. The third kappa shape index (κ3) is 10.1. The molecule has 15 heteroatoms. The van der Waals surface area contributed by atoms with Crippen LogP contribution in [0.4, 0.5) is 0 Å². The lowest BCUT2D eigenvalue weighted by atomic mass is 10.1. The fourth-order valence-corrected chi connectivity index (χ4v) is 2.74. The van der Waals surface area contributed by atoms with Crippen molar-refractivity contribution < 1.29 is 44.1 Å². The highest BCUT2D eigenvalue weighted by molar-refractivity contribution is 5.94. The van der Waals surface area contributed by atoms with Gasteiger partial charge in [0.05, 0.1) is 18.1 Å². The van der Waals surface area contributed by atoms with Gasteiger partial charge in [0.2, 0.25) is 17.7 Å². The van der Waals surface area contributed by atoms with Crippen molar-refractivity contribution in [3.63, 3.8) is 0 Å². The number of rotatable bonds is 15. The van der Waals surface area contributed by atoms with E-state index < -0.39 is 79.1 Å². The summed E-state index contributed by atoms with van der Waals surface area (Å²) in [6, 6.07) is -5.20. The van der Waals surface area contributed by atoms with Gasteiger partial charge in [-0.25, -0.2) is 9.78 Å². The summed E-state index contributed by atoms with van der Waals surface area (Å²) in [5.41, 5.74) is 6.32. The number of nitrogens with two attached hydrogens (primary N) is 1. The number of hydrogen-bond donors (Lipinski definition) is 8. The Kier molecular flexibility index (Phi) is 11.1. The van der Waals surface area contributed by atoms with Crippen molar-refractivity contribution in [1.82, 2.24) is 25.9 Å². The second-order valence-electron chi connectivity index (χ2n) is 7.43. The summed E-state index contributed by atoms with van der Waals surface area (Å²) in [5.74, 6) is -6.56. The highest BCUT2D eigenvalue weighted by Gasteiger charge is 2.29. The Labute approximate surface area is 193 Å². The fourth-order valence-electron chi connectivity index (χ4n) is 2.74.